The van der Waals surface area contributed by atoms with E-state index in [-0.39, 0.29) is 0 Å². The minimum Gasteiger partial charge on any atom is -0.122 e. The molecule has 0 spiro atoms. The molecule has 0 N–H and O–H groups in total. The molecule has 1 aromatic carbocycles. The van der Waals surface area contributed by atoms with Gasteiger partial charge in [0, 0.05) is 15.2 Å². The van der Waals surface area contributed by atoms with Crippen molar-refractivity contribution in [3.8, 4) is 0 Å². The summed E-state index contributed by atoms with van der Waals surface area (Å²) in [5.41, 5.74) is 1.45. The van der Waals surface area contributed by atoms with Gasteiger partial charge in [-0.3, -0.25) is 0 Å². The van der Waals surface area contributed by atoms with Crippen LogP contribution in [0.25, 0.3) is 0 Å². The summed E-state index contributed by atoms with van der Waals surface area (Å²) in [6, 6.07) is 6.16. The van der Waals surface area contributed by atoms with Crippen molar-refractivity contribution in [2.75, 3.05) is 0 Å². The highest BCUT2D eigenvalue weighted by molar-refractivity contribution is 8.00. The van der Waals surface area contributed by atoms with Crippen LogP contribution >= 0.6 is 23.4 Å². The fourth-order valence-corrected chi connectivity index (χ4v) is 2.81. The monoisotopic (exact) mass is 184 g/mol. The normalized spacial score (nSPS) is 21.8. The first-order chi connectivity index (χ1) is 5.25. The molecule has 11 heavy (non-hydrogen) atoms. The van der Waals surface area contributed by atoms with Crippen LogP contribution in [0.3, 0.4) is 0 Å². The Hall–Kier alpha value is -0.140. The second kappa shape index (κ2) is 2.72. The molecule has 0 fully saturated rings. The fourth-order valence-electron chi connectivity index (χ4n) is 1.37. The molecule has 1 aliphatic heterocycles. The lowest BCUT2D eigenvalue weighted by atomic mass is 10.1. The van der Waals surface area contributed by atoms with Gasteiger partial charge >= 0.3 is 0 Å². The van der Waals surface area contributed by atoms with E-state index >= 15 is 0 Å². The van der Waals surface area contributed by atoms with Crippen molar-refractivity contribution in [3.05, 3.63) is 28.8 Å². The van der Waals surface area contributed by atoms with Crippen LogP contribution in [0.15, 0.2) is 23.1 Å². The van der Waals surface area contributed by atoms with E-state index in [1.165, 1.54) is 16.9 Å². The molecule has 1 atom stereocenters. The molecule has 0 aliphatic carbocycles. The highest BCUT2D eigenvalue weighted by Gasteiger charge is 2.17. The number of benzene rings is 1. The van der Waals surface area contributed by atoms with Gasteiger partial charge < -0.3 is 0 Å². The fraction of sp³-hybridized carbons (Fsp3) is 0.333. The lowest BCUT2D eigenvalue weighted by Crippen LogP contribution is -1.90. The third-order valence-electron chi connectivity index (χ3n) is 1.86. The van der Waals surface area contributed by atoms with Crippen LogP contribution in [0.4, 0.5) is 0 Å². The topological polar surface area (TPSA) is 0 Å². The van der Waals surface area contributed by atoms with E-state index in [0.717, 1.165) is 10.3 Å². The minimum atomic E-state index is 0.725. The van der Waals surface area contributed by atoms with Crippen LogP contribution in [-0.4, -0.2) is 5.25 Å². The van der Waals surface area contributed by atoms with Gasteiger partial charge in [-0.15, -0.1) is 11.8 Å². The van der Waals surface area contributed by atoms with Gasteiger partial charge in [0.15, 0.2) is 0 Å². The number of halogens is 1. The van der Waals surface area contributed by atoms with Crippen molar-refractivity contribution in [2.45, 2.75) is 23.5 Å². The average Bonchev–Trinajstić information content (AvgIpc) is 2.27. The van der Waals surface area contributed by atoms with Crippen molar-refractivity contribution in [2.24, 2.45) is 0 Å². The van der Waals surface area contributed by atoms with Crippen LogP contribution in [0.2, 0.25) is 5.02 Å². The quantitative estimate of drug-likeness (QED) is 0.596. The molecular formula is C9H9ClS. The van der Waals surface area contributed by atoms with Crippen molar-refractivity contribution < 1.29 is 0 Å². The summed E-state index contributed by atoms with van der Waals surface area (Å²) in [4.78, 5) is 1.37. The SMILES string of the molecule is CC1Cc2ccc(Cl)cc2S1. The molecule has 2 rings (SSSR count). The molecule has 0 amide bonds. The molecule has 0 saturated heterocycles. The zero-order chi connectivity index (χ0) is 7.84. The van der Waals surface area contributed by atoms with Gasteiger partial charge in [-0.05, 0) is 24.1 Å². The van der Waals surface area contributed by atoms with Crippen molar-refractivity contribution in [1.82, 2.24) is 0 Å². The van der Waals surface area contributed by atoms with Gasteiger partial charge in [-0.25, -0.2) is 0 Å². The van der Waals surface area contributed by atoms with Gasteiger partial charge in [0.1, 0.15) is 0 Å². The first-order valence-corrected chi connectivity index (χ1v) is 4.96. The van der Waals surface area contributed by atoms with Crippen LogP contribution in [0.5, 0.6) is 0 Å². The van der Waals surface area contributed by atoms with E-state index in [2.05, 4.69) is 19.1 Å². The highest BCUT2D eigenvalue weighted by Crippen LogP contribution is 2.37. The molecule has 1 unspecified atom stereocenters. The molecular weight excluding hydrogens is 176 g/mol. The van der Waals surface area contributed by atoms with E-state index in [1.54, 1.807) is 0 Å². The van der Waals surface area contributed by atoms with E-state index in [4.69, 9.17) is 11.6 Å². The first-order valence-electron chi connectivity index (χ1n) is 3.71. The van der Waals surface area contributed by atoms with Crippen molar-refractivity contribution in [1.29, 1.82) is 0 Å². The van der Waals surface area contributed by atoms with Gasteiger partial charge in [0.05, 0.1) is 0 Å². The molecule has 1 aromatic rings. The third-order valence-corrected chi connectivity index (χ3v) is 3.30. The van der Waals surface area contributed by atoms with Crippen molar-refractivity contribution >= 4 is 23.4 Å². The van der Waals surface area contributed by atoms with Gasteiger partial charge in [0.2, 0.25) is 0 Å². The van der Waals surface area contributed by atoms with Gasteiger partial charge in [0.25, 0.3) is 0 Å². The van der Waals surface area contributed by atoms with Crippen LogP contribution < -0.4 is 0 Å². The maximum atomic E-state index is 5.86. The van der Waals surface area contributed by atoms with Crippen LogP contribution in [0, 0.1) is 0 Å². The molecule has 0 aromatic heterocycles. The molecule has 58 valence electrons. The van der Waals surface area contributed by atoms with E-state index in [9.17, 15) is 0 Å². The molecule has 2 heteroatoms. The summed E-state index contributed by atoms with van der Waals surface area (Å²) in [6.45, 7) is 2.25. The highest BCUT2D eigenvalue weighted by atomic mass is 35.5. The Morgan fingerprint density at radius 2 is 2.36 bits per heavy atom. The molecule has 0 nitrogen and oxygen atoms in total. The van der Waals surface area contributed by atoms with Gasteiger partial charge in [-0.2, -0.15) is 0 Å². The summed E-state index contributed by atoms with van der Waals surface area (Å²) < 4.78 is 0. The van der Waals surface area contributed by atoms with E-state index in [0.29, 0.717) is 0 Å². The average molecular weight is 185 g/mol. The third kappa shape index (κ3) is 1.40. The Morgan fingerprint density at radius 1 is 1.55 bits per heavy atom. The lowest BCUT2D eigenvalue weighted by Gasteiger charge is -1.96. The number of fused-ring (bicyclic) bond motifs is 1. The maximum Gasteiger partial charge on any atom is 0.0417 e. The van der Waals surface area contributed by atoms with Crippen LogP contribution in [0.1, 0.15) is 12.5 Å². The summed E-state index contributed by atoms with van der Waals surface area (Å²) in [6.07, 6.45) is 1.19. The smallest absolute Gasteiger partial charge is 0.0417 e. The predicted octanol–water partition coefficient (Wildman–Crippen LogP) is 3.38. The Balaban J connectivity index is 2.43. The molecule has 0 bridgehead atoms. The first kappa shape index (κ1) is 7.51. The number of thioether (sulfide) groups is 1. The molecule has 0 saturated carbocycles. The Morgan fingerprint density at radius 3 is 3.18 bits per heavy atom. The molecule has 0 radical (unpaired) electrons. The Bertz CT molecular complexity index is 283. The number of hydrogen-bond donors (Lipinski definition) is 0. The van der Waals surface area contributed by atoms with Gasteiger partial charge in [-0.1, -0.05) is 24.6 Å². The molecule has 1 heterocycles. The number of rotatable bonds is 0. The van der Waals surface area contributed by atoms with E-state index in [1.807, 2.05) is 17.8 Å². The summed E-state index contributed by atoms with van der Waals surface area (Å²) in [5, 5.41) is 1.58. The Kier molecular flexibility index (Phi) is 1.86. The second-order valence-corrected chi connectivity index (χ2v) is 4.80. The Labute approximate surface area is 75.9 Å². The maximum absolute atomic E-state index is 5.86. The summed E-state index contributed by atoms with van der Waals surface area (Å²) >= 11 is 7.78. The zero-order valence-corrected chi connectivity index (χ0v) is 7.88. The number of hydrogen-bond acceptors (Lipinski definition) is 1. The zero-order valence-electron chi connectivity index (χ0n) is 6.30. The van der Waals surface area contributed by atoms with Crippen molar-refractivity contribution in [3.63, 3.8) is 0 Å². The lowest BCUT2D eigenvalue weighted by molar-refractivity contribution is 0.960. The molecule has 1 aliphatic rings. The summed E-state index contributed by atoms with van der Waals surface area (Å²) in [5.74, 6) is 0. The summed E-state index contributed by atoms with van der Waals surface area (Å²) in [7, 11) is 0. The van der Waals surface area contributed by atoms with E-state index < -0.39 is 0 Å². The minimum absolute atomic E-state index is 0.725. The second-order valence-electron chi connectivity index (χ2n) is 2.88. The standard InChI is InChI=1S/C9H9ClS/c1-6-4-7-2-3-8(10)5-9(7)11-6/h2-3,5-6H,4H2,1H3. The van der Waals surface area contributed by atoms with Crippen LogP contribution in [-0.2, 0) is 6.42 Å². The largest absolute Gasteiger partial charge is 0.122 e. The predicted molar refractivity (Wildman–Crippen MR) is 50.5 cm³/mol.